The van der Waals surface area contributed by atoms with E-state index in [-0.39, 0.29) is 30.8 Å². The molecule has 80 valence electrons. The van der Waals surface area contributed by atoms with E-state index in [1.807, 2.05) is 0 Å². The Hall–Kier alpha value is -0.710. The van der Waals surface area contributed by atoms with Crippen LogP contribution in [0.4, 0.5) is 8.78 Å². The number of rotatable bonds is 1. The topological polar surface area (TPSA) is 46.3 Å². The zero-order valence-corrected chi connectivity index (χ0v) is 7.88. The van der Waals surface area contributed by atoms with Gasteiger partial charge in [-0.25, -0.2) is 8.78 Å². The van der Waals surface area contributed by atoms with Gasteiger partial charge in [0, 0.05) is 24.9 Å². The van der Waals surface area contributed by atoms with Crippen LogP contribution >= 0.6 is 0 Å². The van der Waals surface area contributed by atoms with E-state index in [1.54, 1.807) is 0 Å². The smallest absolute Gasteiger partial charge is 0.267 e. The summed E-state index contributed by atoms with van der Waals surface area (Å²) in [6.07, 6.45) is 1.11. The second kappa shape index (κ2) is 3.15. The molecular weight excluding hydrogens is 190 g/mol. The number of likely N-dealkylation sites (tertiary alicyclic amines) is 1. The molecule has 1 saturated carbocycles. The highest BCUT2D eigenvalue weighted by Crippen LogP contribution is 2.32. The average molecular weight is 204 g/mol. The third-order valence-corrected chi connectivity index (χ3v) is 3.01. The fraction of sp³-hybridized carbons (Fsp3) is 0.889. The predicted octanol–water partition coefficient (Wildman–Crippen LogP) is 0.591. The lowest BCUT2D eigenvalue weighted by molar-refractivity contribution is -0.139. The minimum atomic E-state index is -2.68. The molecule has 2 rings (SSSR count). The Morgan fingerprint density at radius 3 is 2.50 bits per heavy atom. The van der Waals surface area contributed by atoms with Crippen LogP contribution in [0.25, 0.3) is 0 Å². The Morgan fingerprint density at radius 1 is 1.43 bits per heavy atom. The Bertz CT molecular complexity index is 251. The van der Waals surface area contributed by atoms with Crippen LogP contribution in [0.1, 0.15) is 19.3 Å². The van der Waals surface area contributed by atoms with Crippen molar-refractivity contribution in [1.29, 1.82) is 0 Å². The van der Waals surface area contributed by atoms with Crippen LogP contribution in [0.2, 0.25) is 0 Å². The van der Waals surface area contributed by atoms with Gasteiger partial charge in [-0.1, -0.05) is 0 Å². The minimum Gasteiger partial charge on any atom is -0.336 e. The monoisotopic (exact) mass is 204 g/mol. The van der Waals surface area contributed by atoms with Crippen LogP contribution in [0.15, 0.2) is 0 Å². The molecule has 5 heteroatoms. The van der Waals surface area contributed by atoms with Gasteiger partial charge in [0.2, 0.25) is 5.91 Å². The minimum absolute atomic E-state index is 0.0899. The van der Waals surface area contributed by atoms with E-state index < -0.39 is 12.5 Å². The molecule has 0 aromatic heterocycles. The first-order valence-corrected chi connectivity index (χ1v) is 4.90. The first-order valence-electron chi connectivity index (χ1n) is 4.90. The van der Waals surface area contributed by atoms with E-state index >= 15 is 0 Å². The number of hydrogen-bond donors (Lipinski definition) is 1. The molecule has 2 aliphatic rings. The molecule has 0 radical (unpaired) electrons. The molecular formula is C9H14F2N2O. The third kappa shape index (κ3) is 1.73. The normalized spacial score (nSPS) is 35.5. The molecule has 0 spiro atoms. The summed E-state index contributed by atoms with van der Waals surface area (Å²) in [6.45, 7) is -0.213. The lowest BCUT2D eigenvalue weighted by atomic mass is 9.80. The molecule has 1 aliphatic carbocycles. The molecule has 0 aromatic rings. The fourth-order valence-electron chi connectivity index (χ4n) is 2.05. The molecule has 0 bridgehead atoms. The zero-order valence-electron chi connectivity index (χ0n) is 7.88. The fourth-order valence-corrected chi connectivity index (χ4v) is 2.05. The van der Waals surface area contributed by atoms with Gasteiger partial charge >= 0.3 is 0 Å². The molecule has 3 nitrogen and oxygen atoms in total. The van der Waals surface area contributed by atoms with E-state index in [9.17, 15) is 13.6 Å². The molecule has 0 unspecified atom stereocenters. The second-order valence-corrected chi connectivity index (χ2v) is 4.29. The standard InChI is InChI=1S/C9H14F2N2O/c10-9(11)1-2-13(5-9)8(14)6-3-7(12)4-6/h6-7H,1-5,12H2. The van der Waals surface area contributed by atoms with Crippen LogP contribution in [0.5, 0.6) is 0 Å². The highest BCUT2D eigenvalue weighted by Gasteiger charge is 2.43. The Balaban J connectivity index is 1.88. The van der Waals surface area contributed by atoms with Gasteiger partial charge in [-0.15, -0.1) is 0 Å². The maximum atomic E-state index is 12.8. The van der Waals surface area contributed by atoms with Crippen LogP contribution in [-0.2, 0) is 4.79 Å². The quantitative estimate of drug-likeness (QED) is 0.679. The largest absolute Gasteiger partial charge is 0.336 e. The van der Waals surface area contributed by atoms with Gasteiger partial charge in [-0.2, -0.15) is 0 Å². The summed E-state index contributed by atoms with van der Waals surface area (Å²) >= 11 is 0. The summed E-state index contributed by atoms with van der Waals surface area (Å²) in [5, 5.41) is 0. The van der Waals surface area contributed by atoms with E-state index in [4.69, 9.17) is 5.73 Å². The summed E-state index contributed by atoms with van der Waals surface area (Å²) in [5.74, 6) is -2.91. The highest BCUT2D eigenvalue weighted by molar-refractivity contribution is 5.80. The number of hydrogen-bond acceptors (Lipinski definition) is 2. The van der Waals surface area contributed by atoms with Crippen molar-refractivity contribution in [3.63, 3.8) is 0 Å². The molecule has 1 amide bonds. The number of nitrogens with zero attached hydrogens (tertiary/aromatic N) is 1. The molecule has 0 atom stereocenters. The van der Waals surface area contributed by atoms with Crippen molar-refractivity contribution in [2.45, 2.75) is 31.2 Å². The van der Waals surface area contributed by atoms with E-state index in [0.717, 1.165) is 0 Å². The van der Waals surface area contributed by atoms with Gasteiger partial charge in [0.25, 0.3) is 5.92 Å². The maximum absolute atomic E-state index is 12.8. The molecule has 14 heavy (non-hydrogen) atoms. The Kier molecular flexibility index (Phi) is 2.21. The Labute approximate surface area is 81.2 Å². The highest BCUT2D eigenvalue weighted by atomic mass is 19.3. The van der Waals surface area contributed by atoms with Gasteiger partial charge in [0.05, 0.1) is 6.54 Å². The summed E-state index contributed by atoms with van der Waals surface area (Å²) < 4.78 is 25.6. The van der Waals surface area contributed by atoms with Crippen LogP contribution in [0, 0.1) is 5.92 Å². The molecule has 1 heterocycles. The summed E-state index contributed by atoms with van der Waals surface area (Å²) in [6, 6.07) is 0.0899. The van der Waals surface area contributed by atoms with Crippen molar-refractivity contribution in [2.75, 3.05) is 13.1 Å². The number of amides is 1. The van der Waals surface area contributed by atoms with Crippen LogP contribution < -0.4 is 5.73 Å². The summed E-state index contributed by atoms with van der Waals surface area (Å²) in [5.41, 5.74) is 5.54. The third-order valence-electron chi connectivity index (χ3n) is 3.01. The first-order chi connectivity index (χ1) is 6.48. The van der Waals surface area contributed by atoms with Gasteiger partial charge in [-0.3, -0.25) is 4.79 Å². The zero-order chi connectivity index (χ0) is 10.3. The molecule has 0 aromatic carbocycles. The SMILES string of the molecule is NC1CC(C(=O)N2CCC(F)(F)C2)C1. The predicted molar refractivity (Wildman–Crippen MR) is 46.8 cm³/mol. The van der Waals surface area contributed by atoms with E-state index in [2.05, 4.69) is 0 Å². The van der Waals surface area contributed by atoms with Crippen molar-refractivity contribution in [2.24, 2.45) is 11.7 Å². The summed E-state index contributed by atoms with van der Waals surface area (Å²) in [4.78, 5) is 12.9. The number of halogens is 2. The Morgan fingerprint density at radius 2 is 2.07 bits per heavy atom. The van der Waals surface area contributed by atoms with E-state index in [0.29, 0.717) is 12.8 Å². The average Bonchev–Trinajstić information content (AvgIpc) is 2.39. The van der Waals surface area contributed by atoms with Crippen LogP contribution in [0.3, 0.4) is 0 Å². The number of nitrogens with two attached hydrogens (primary N) is 1. The first kappa shape index (κ1) is 9.83. The maximum Gasteiger partial charge on any atom is 0.267 e. The van der Waals surface area contributed by atoms with Crippen molar-refractivity contribution in [3.8, 4) is 0 Å². The van der Waals surface area contributed by atoms with Crippen molar-refractivity contribution in [1.82, 2.24) is 4.90 Å². The van der Waals surface area contributed by atoms with Crippen molar-refractivity contribution in [3.05, 3.63) is 0 Å². The van der Waals surface area contributed by atoms with Crippen molar-refractivity contribution >= 4 is 5.91 Å². The number of carbonyl (C=O) groups is 1. The van der Waals surface area contributed by atoms with Crippen LogP contribution in [-0.4, -0.2) is 35.9 Å². The molecule has 1 aliphatic heterocycles. The summed E-state index contributed by atoms with van der Waals surface area (Å²) in [7, 11) is 0. The van der Waals surface area contributed by atoms with Crippen molar-refractivity contribution < 1.29 is 13.6 Å². The van der Waals surface area contributed by atoms with Gasteiger partial charge in [0.15, 0.2) is 0 Å². The van der Waals surface area contributed by atoms with Gasteiger partial charge in [-0.05, 0) is 12.8 Å². The van der Waals surface area contributed by atoms with Gasteiger partial charge in [0.1, 0.15) is 0 Å². The molecule has 2 N–H and O–H groups in total. The lowest BCUT2D eigenvalue weighted by Crippen LogP contribution is -2.46. The second-order valence-electron chi connectivity index (χ2n) is 4.29. The van der Waals surface area contributed by atoms with Gasteiger partial charge < -0.3 is 10.6 Å². The van der Waals surface area contributed by atoms with E-state index in [1.165, 1.54) is 4.90 Å². The lowest BCUT2D eigenvalue weighted by Gasteiger charge is -2.34. The molecule has 1 saturated heterocycles. The molecule has 2 fully saturated rings. The number of carbonyl (C=O) groups excluding carboxylic acids is 1. The number of alkyl halides is 2.